The van der Waals surface area contributed by atoms with E-state index in [0.29, 0.717) is 11.1 Å². The van der Waals surface area contributed by atoms with Crippen LogP contribution in [-0.4, -0.2) is 33.7 Å². The van der Waals surface area contributed by atoms with Crippen LogP contribution in [0.2, 0.25) is 0 Å². The van der Waals surface area contributed by atoms with Gasteiger partial charge < -0.3 is 15.1 Å². The monoisotopic (exact) mass is 207 g/mol. The first-order valence-corrected chi connectivity index (χ1v) is 4.87. The van der Waals surface area contributed by atoms with Crippen molar-refractivity contribution in [1.82, 2.24) is 4.90 Å². The van der Waals surface area contributed by atoms with Crippen molar-refractivity contribution in [3.63, 3.8) is 0 Å². The Balaban J connectivity index is 2.41. The van der Waals surface area contributed by atoms with E-state index in [0.717, 1.165) is 0 Å². The third kappa shape index (κ3) is 1.42. The Labute approximate surface area is 87.8 Å². The number of hydrogen-bond acceptors (Lipinski definition) is 3. The van der Waals surface area contributed by atoms with Gasteiger partial charge in [0.25, 0.3) is 5.91 Å². The summed E-state index contributed by atoms with van der Waals surface area (Å²) in [5, 5.41) is 18.9. The molecule has 1 heterocycles. The van der Waals surface area contributed by atoms with Gasteiger partial charge in [0.15, 0.2) is 6.23 Å². The predicted molar refractivity (Wildman–Crippen MR) is 54.1 cm³/mol. The van der Waals surface area contributed by atoms with E-state index < -0.39 is 6.23 Å². The minimum absolute atomic E-state index is 0.156. The SMILES string of the molecule is CC(CO)N1C(=O)c2ccccc2C1O. The average molecular weight is 207 g/mol. The van der Waals surface area contributed by atoms with Gasteiger partial charge in [-0.25, -0.2) is 0 Å². The molecule has 1 aromatic rings. The summed E-state index contributed by atoms with van der Waals surface area (Å²) in [5.41, 5.74) is 1.13. The highest BCUT2D eigenvalue weighted by atomic mass is 16.3. The van der Waals surface area contributed by atoms with Crippen molar-refractivity contribution in [3.8, 4) is 0 Å². The van der Waals surface area contributed by atoms with Crippen LogP contribution < -0.4 is 0 Å². The second kappa shape index (κ2) is 3.64. The zero-order valence-corrected chi connectivity index (χ0v) is 8.42. The zero-order chi connectivity index (χ0) is 11.0. The molecule has 2 N–H and O–H groups in total. The Kier molecular flexibility index (Phi) is 2.46. The topological polar surface area (TPSA) is 60.8 Å². The molecule has 0 bridgehead atoms. The third-order valence-electron chi connectivity index (χ3n) is 2.71. The predicted octanol–water partition coefficient (Wildman–Crippen LogP) is 0.514. The van der Waals surface area contributed by atoms with E-state index in [2.05, 4.69) is 0 Å². The molecule has 4 heteroatoms. The molecule has 80 valence electrons. The lowest BCUT2D eigenvalue weighted by Crippen LogP contribution is -2.38. The Morgan fingerprint density at radius 1 is 1.47 bits per heavy atom. The quantitative estimate of drug-likeness (QED) is 0.743. The van der Waals surface area contributed by atoms with Crippen molar-refractivity contribution < 1.29 is 15.0 Å². The molecule has 0 radical (unpaired) electrons. The summed E-state index contributed by atoms with van der Waals surface area (Å²) < 4.78 is 0. The minimum Gasteiger partial charge on any atom is -0.394 e. The maximum Gasteiger partial charge on any atom is 0.256 e. The van der Waals surface area contributed by atoms with Crippen LogP contribution in [0.15, 0.2) is 24.3 Å². The molecule has 4 nitrogen and oxygen atoms in total. The van der Waals surface area contributed by atoms with Crippen LogP contribution in [0.4, 0.5) is 0 Å². The number of carbonyl (C=O) groups is 1. The van der Waals surface area contributed by atoms with Gasteiger partial charge in [0.05, 0.1) is 12.6 Å². The highest BCUT2D eigenvalue weighted by Crippen LogP contribution is 2.32. The summed E-state index contributed by atoms with van der Waals surface area (Å²) >= 11 is 0. The van der Waals surface area contributed by atoms with Crippen LogP contribution in [0.25, 0.3) is 0 Å². The van der Waals surface area contributed by atoms with Gasteiger partial charge in [-0.2, -0.15) is 0 Å². The maximum absolute atomic E-state index is 11.9. The molecule has 1 aliphatic heterocycles. The number of rotatable bonds is 2. The smallest absolute Gasteiger partial charge is 0.256 e. The molecule has 0 saturated carbocycles. The van der Waals surface area contributed by atoms with Gasteiger partial charge in [-0.3, -0.25) is 4.79 Å². The van der Waals surface area contributed by atoms with Gasteiger partial charge in [0.1, 0.15) is 0 Å². The molecule has 1 aromatic carbocycles. The van der Waals surface area contributed by atoms with Crippen LogP contribution in [0.1, 0.15) is 29.1 Å². The number of amides is 1. The van der Waals surface area contributed by atoms with Crippen molar-refractivity contribution >= 4 is 5.91 Å². The summed E-state index contributed by atoms with van der Waals surface area (Å²) in [6.07, 6.45) is -0.934. The molecule has 0 spiro atoms. The second-order valence-corrected chi connectivity index (χ2v) is 3.70. The van der Waals surface area contributed by atoms with E-state index in [1.54, 1.807) is 31.2 Å². The summed E-state index contributed by atoms with van der Waals surface area (Å²) in [7, 11) is 0. The summed E-state index contributed by atoms with van der Waals surface area (Å²) in [4.78, 5) is 13.2. The van der Waals surface area contributed by atoms with Gasteiger partial charge in [-0.15, -0.1) is 0 Å². The molecular formula is C11H13NO3. The molecular weight excluding hydrogens is 194 g/mol. The third-order valence-corrected chi connectivity index (χ3v) is 2.71. The zero-order valence-electron chi connectivity index (χ0n) is 8.42. The first-order valence-electron chi connectivity index (χ1n) is 4.87. The van der Waals surface area contributed by atoms with Crippen molar-refractivity contribution in [2.75, 3.05) is 6.61 Å². The summed E-state index contributed by atoms with van der Waals surface area (Å²) in [6.45, 7) is 1.55. The molecule has 0 aliphatic carbocycles. The van der Waals surface area contributed by atoms with Crippen LogP contribution in [0.5, 0.6) is 0 Å². The largest absolute Gasteiger partial charge is 0.394 e. The van der Waals surface area contributed by atoms with Crippen molar-refractivity contribution in [3.05, 3.63) is 35.4 Å². The highest BCUT2D eigenvalue weighted by Gasteiger charge is 2.37. The Morgan fingerprint density at radius 3 is 2.73 bits per heavy atom. The molecule has 0 aromatic heterocycles. The molecule has 1 amide bonds. The van der Waals surface area contributed by atoms with Crippen LogP contribution in [0.3, 0.4) is 0 Å². The van der Waals surface area contributed by atoms with E-state index in [1.165, 1.54) is 4.90 Å². The van der Waals surface area contributed by atoms with Crippen LogP contribution in [0, 0.1) is 0 Å². The number of aliphatic hydroxyl groups is 2. The van der Waals surface area contributed by atoms with Gasteiger partial charge in [0, 0.05) is 11.1 Å². The van der Waals surface area contributed by atoms with Crippen molar-refractivity contribution in [2.45, 2.75) is 19.2 Å². The fourth-order valence-electron chi connectivity index (χ4n) is 1.85. The van der Waals surface area contributed by atoms with E-state index >= 15 is 0 Å². The number of benzene rings is 1. The minimum atomic E-state index is -0.934. The molecule has 2 rings (SSSR count). The fourth-order valence-corrected chi connectivity index (χ4v) is 1.85. The molecule has 0 fully saturated rings. The van der Waals surface area contributed by atoms with E-state index in [9.17, 15) is 9.90 Å². The number of fused-ring (bicyclic) bond motifs is 1. The Morgan fingerprint density at radius 2 is 2.13 bits per heavy atom. The van der Waals surface area contributed by atoms with Gasteiger partial charge in [0.2, 0.25) is 0 Å². The number of carbonyl (C=O) groups excluding carboxylic acids is 1. The normalized spacial score (nSPS) is 21.7. The lowest BCUT2D eigenvalue weighted by molar-refractivity contribution is -0.0109. The van der Waals surface area contributed by atoms with Gasteiger partial charge in [-0.05, 0) is 13.0 Å². The summed E-state index contributed by atoms with van der Waals surface area (Å²) in [5.74, 6) is -0.223. The molecule has 2 unspecified atom stereocenters. The van der Waals surface area contributed by atoms with Crippen LogP contribution >= 0.6 is 0 Å². The standard InChI is InChI=1S/C11H13NO3/c1-7(6-13)12-10(14)8-4-2-3-5-9(8)11(12)15/h2-5,7,10,13-14H,6H2,1H3. The van der Waals surface area contributed by atoms with Crippen molar-refractivity contribution in [1.29, 1.82) is 0 Å². The van der Waals surface area contributed by atoms with E-state index in [4.69, 9.17) is 5.11 Å². The molecule has 1 aliphatic rings. The van der Waals surface area contributed by atoms with E-state index in [-0.39, 0.29) is 18.6 Å². The second-order valence-electron chi connectivity index (χ2n) is 3.70. The first kappa shape index (κ1) is 10.1. The average Bonchev–Trinajstić information content (AvgIpc) is 2.52. The number of aliphatic hydroxyl groups excluding tert-OH is 2. The summed E-state index contributed by atoms with van der Waals surface area (Å²) in [6, 6.07) is 6.58. The molecule has 15 heavy (non-hydrogen) atoms. The maximum atomic E-state index is 11.9. The van der Waals surface area contributed by atoms with Gasteiger partial charge >= 0.3 is 0 Å². The Hall–Kier alpha value is -1.39. The Bertz CT molecular complexity index is 391. The lowest BCUT2D eigenvalue weighted by Gasteiger charge is -2.26. The fraction of sp³-hybridized carbons (Fsp3) is 0.364. The molecule has 2 atom stereocenters. The van der Waals surface area contributed by atoms with E-state index in [1.807, 2.05) is 0 Å². The molecule has 0 saturated heterocycles. The number of hydrogen-bond donors (Lipinski definition) is 2. The lowest BCUT2D eigenvalue weighted by atomic mass is 10.1. The number of nitrogens with zero attached hydrogens (tertiary/aromatic N) is 1. The first-order chi connectivity index (χ1) is 7.16. The van der Waals surface area contributed by atoms with Crippen LogP contribution in [-0.2, 0) is 0 Å². The van der Waals surface area contributed by atoms with Gasteiger partial charge in [-0.1, -0.05) is 18.2 Å². The highest BCUT2D eigenvalue weighted by molar-refractivity contribution is 5.99. The van der Waals surface area contributed by atoms with Crippen molar-refractivity contribution in [2.24, 2.45) is 0 Å².